The van der Waals surface area contributed by atoms with Crippen molar-refractivity contribution in [2.75, 3.05) is 13.1 Å². The van der Waals surface area contributed by atoms with Gasteiger partial charge in [0.15, 0.2) is 17.5 Å². The number of pyridine rings is 1. The molecule has 0 amide bonds. The minimum Gasteiger partial charge on any atom is -1.00 e. The Bertz CT molecular complexity index is 1460. The molecule has 7 heteroatoms. The first-order valence-electron chi connectivity index (χ1n) is 14.0. The minimum absolute atomic E-state index is 0. The Morgan fingerprint density at radius 3 is 2.52 bits per heavy atom. The zero-order valence-electron chi connectivity index (χ0n) is 22.6. The first kappa shape index (κ1) is 28.8. The number of para-hydroxylation sites is 1. The molecular weight excluding hydrogens is 577 g/mol. The average molecular weight is 612 g/mol. The maximum Gasteiger partial charge on any atom is 0.194 e. The Kier molecular flexibility index (Phi) is 8.64. The minimum atomic E-state index is -1.39. The molecule has 4 heterocycles. The van der Waals surface area contributed by atoms with Crippen molar-refractivity contribution in [2.24, 2.45) is 11.8 Å². The molecule has 5 atom stereocenters. The van der Waals surface area contributed by atoms with Crippen LogP contribution in [0.1, 0.15) is 49.0 Å². The first-order chi connectivity index (χ1) is 19.0. The van der Waals surface area contributed by atoms with Crippen LogP contribution in [0, 0.1) is 29.3 Å². The molecular formula is C33H34BrF3N2O. The average Bonchev–Trinajstić information content (AvgIpc) is 2.98. The number of hydrogen-bond acceptors (Lipinski definition) is 2. The number of piperidine rings is 3. The Balaban J connectivity index is 0.00000323. The maximum atomic E-state index is 15.1. The van der Waals surface area contributed by atoms with Crippen LogP contribution in [0.25, 0.3) is 10.9 Å². The van der Waals surface area contributed by atoms with E-state index in [9.17, 15) is 8.78 Å². The van der Waals surface area contributed by atoms with E-state index in [1.807, 2.05) is 48.7 Å². The lowest BCUT2D eigenvalue weighted by molar-refractivity contribution is -0.986. The molecule has 3 aliphatic rings. The van der Waals surface area contributed by atoms with Crippen LogP contribution in [0.4, 0.5) is 13.2 Å². The van der Waals surface area contributed by atoms with E-state index < -0.39 is 17.5 Å². The molecule has 3 aliphatic heterocycles. The summed E-state index contributed by atoms with van der Waals surface area (Å²) in [4.78, 5) is 4.59. The summed E-state index contributed by atoms with van der Waals surface area (Å²) in [6, 6.07) is 22.8. The van der Waals surface area contributed by atoms with Crippen LogP contribution >= 0.6 is 0 Å². The highest BCUT2D eigenvalue weighted by molar-refractivity contribution is 5.82. The maximum absolute atomic E-state index is 15.1. The third kappa shape index (κ3) is 5.31. The standard InChI is InChI=1S/C33H34F3N2O.BrH/c1-2-23-19-38(20-25-12-13-28(34)32(36)31(25)35)17-15-24(23)18-30(38)33(39-21-22-8-4-3-5-9-22)27-14-16-37-29-11-7-6-10-26(27)29;/h3-14,16,23-24,30,33H,2,15,17-21H2,1H3;1H/q+1;/p-1/t23-,24-,30-,33+,38?;/m0./s1. The summed E-state index contributed by atoms with van der Waals surface area (Å²) in [5.41, 5.74) is 3.30. The molecule has 0 radical (unpaired) electrons. The van der Waals surface area contributed by atoms with Gasteiger partial charge in [-0.25, -0.2) is 13.2 Å². The number of rotatable bonds is 8. The lowest BCUT2D eigenvalue weighted by atomic mass is 9.70. The lowest BCUT2D eigenvalue weighted by Gasteiger charge is -2.59. The molecule has 3 aromatic carbocycles. The van der Waals surface area contributed by atoms with Gasteiger partial charge in [-0.2, -0.15) is 0 Å². The van der Waals surface area contributed by atoms with E-state index in [1.165, 1.54) is 6.07 Å². The summed E-state index contributed by atoms with van der Waals surface area (Å²) in [6.45, 7) is 4.71. The number of benzene rings is 3. The summed E-state index contributed by atoms with van der Waals surface area (Å²) in [6.07, 6.45) is 4.60. The summed E-state index contributed by atoms with van der Waals surface area (Å²) in [5.74, 6) is -2.54. The fourth-order valence-corrected chi connectivity index (χ4v) is 7.21. The van der Waals surface area contributed by atoms with Crippen LogP contribution in [0.3, 0.4) is 0 Å². The molecule has 40 heavy (non-hydrogen) atoms. The second-order valence-electron chi connectivity index (χ2n) is 11.3. The summed E-state index contributed by atoms with van der Waals surface area (Å²) in [7, 11) is 0. The van der Waals surface area contributed by atoms with E-state index in [-0.39, 0.29) is 34.7 Å². The fraction of sp³-hybridized carbons (Fsp3) is 0.364. The van der Waals surface area contributed by atoms with Crippen LogP contribution < -0.4 is 17.0 Å². The summed E-state index contributed by atoms with van der Waals surface area (Å²) in [5, 5.41) is 1.05. The first-order valence-corrected chi connectivity index (χ1v) is 14.0. The highest BCUT2D eigenvalue weighted by atomic mass is 79.9. The zero-order chi connectivity index (χ0) is 27.0. The van der Waals surface area contributed by atoms with Gasteiger partial charge in [-0.15, -0.1) is 0 Å². The number of quaternary nitrogens is 1. The molecule has 0 spiro atoms. The second kappa shape index (κ2) is 12.0. The van der Waals surface area contributed by atoms with Crippen LogP contribution in [0.15, 0.2) is 79.0 Å². The van der Waals surface area contributed by atoms with Crippen molar-refractivity contribution >= 4 is 10.9 Å². The van der Waals surface area contributed by atoms with Crippen LogP contribution in [-0.4, -0.2) is 28.6 Å². The van der Waals surface area contributed by atoms with Gasteiger partial charge >= 0.3 is 0 Å². The number of ether oxygens (including phenoxy) is 1. The van der Waals surface area contributed by atoms with Crippen LogP contribution in [-0.2, 0) is 17.9 Å². The number of halogens is 4. The topological polar surface area (TPSA) is 22.1 Å². The van der Waals surface area contributed by atoms with E-state index in [1.54, 1.807) is 0 Å². The highest BCUT2D eigenvalue weighted by Gasteiger charge is 2.55. The van der Waals surface area contributed by atoms with Crippen LogP contribution in [0.2, 0.25) is 0 Å². The normalized spacial score (nSPS) is 24.6. The van der Waals surface area contributed by atoms with Crippen molar-refractivity contribution in [2.45, 2.75) is 51.5 Å². The molecule has 0 saturated carbocycles. The van der Waals surface area contributed by atoms with Crippen molar-refractivity contribution in [1.29, 1.82) is 0 Å². The van der Waals surface area contributed by atoms with E-state index >= 15 is 4.39 Å². The fourth-order valence-electron chi connectivity index (χ4n) is 7.21. The third-order valence-electron chi connectivity index (χ3n) is 9.19. The van der Waals surface area contributed by atoms with Crippen molar-refractivity contribution in [3.8, 4) is 0 Å². The van der Waals surface area contributed by atoms with Gasteiger partial charge in [0, 0.05) is 35.9 Å². The molecule has 1 aromatic heterocycles. The van der Waals surface area contributed by atoms with Gasteiger partial charge in [0.1, 0.15) is 18.7 Å². The lowest BCUT2D eigenvalue weighted by Crippen LogP contribution is -3.00. The second-order valence-corrected chi connectivity index (χ2v) is 11.3. The van der Waals surface area contributed by atoms with Gasteiger partial charge in [0.25, 0.3) is 0 Å². The molecule has 0 N–H and O–H groups in total. The quantitative estimate of drug-likeness (QED) is 0.212. The smallest absolute Gasteiger partial charge is 0.194 e. The number of fused-ring (bicyclic) bond motifs is 4. The zero-order valence-corrected chi connectivity index (χ0v) is 24.2. The van der Waals surface area contributed by atoms with E-state index in [0.29, 0.717) is 29.5 Å². The Hall–Kier alpha value is -2.74. The van der Waals surface area contributed by atoms with Gasteiger partial charge in [0.2, 0.25) is 0 Å². The van der Waals surface area contributed by atoms with Crippen molar-refractivity contribution in [3.05, 3.63) is 113 Å². The third-order valence-corrected chi connectivity index (χ3v) is 9.19. The SMILES string of the molecule is CC[C@H]1C[N+]2(Cc3ccc(F)c(F)c3F)CC[C@H]1C[C@H]2[C@H](OCc1ccccc1)c1ccnc2ccccc12.[Br-]. The van der Waals surface area contributed by atoms with Gasteiger partial charge < -0.3 is 26.2 Å². The molecule has 0 aliphatic carbocycles. The molecule has 2 bridgehead atoms. The Morgan fingerprint density at radius 1 is 0.950 bits per heavy atom. The van der Waals surface area contributed by atoms with Gasteiger partial charge in [-0.3, -0.25) is 4.98 Å². The largest absolute Gasteiger partial charge is 1.00 e. The van der Waals surface area contributed by atoms with E-state index in [0.717, 1.165) is 60.4 Å². The number of hydrogen-bond donors (Lipinski definition) is 0. The molecule has 3 saturated heterocycles. The van der Waals surface area contributed by atoms with Crippen molar-refractivity contribution < 1.29 is 39.4 Å². The molecule has 3 nitrogen and oxygen atoms in total. The Morgan fingerprint density at radius 2 is 1.73 bits per heavy atom. The monoisotopic (exact) mass is 610 g/mol. The molecule has 1 unspecified atom stereocenters. The van der Waals surface area contributed by atoms with E-state index in [4.69, 9.17) is 4.74 Å². The molecule has 210 valence electrons. The predicted molar refractivity (Wildman–Crippen MR) is 146 cm³/mol. The van der Waals surface area contributed by atoms with Gasteiger partial charge in [-0.05, 0) is 47.7 Å². The number of aromatic nitrogens is 1. The molecule has 4 aromatic rings. The van der Waals surface area contributed by atoms with E-state index in [2.05, 4.69) is 30.1 Å². The summed E-state index contributed by atoms with van der Waals surface area (Å²) >= 11 is 0. The Labute approximate surface area is 244 Å². The van der Waals surface area contributed by atoms with Crippen LogP contribution in [0.5, 0.6) is 0 Å². The predicted octanol–water partition coefficient (Wildman–Crippen LogP) is 4.75. The molecule has 7 rings (SSSR count). The summed E-state index contributed by atoms with van der Waals surface area (Å²) < 4.78 is 50.7. The van der Waals surface area contributed by atoms with Gasteiger partial charge in [-0.1, -0.05) is 55.5 Å². The van der Waals surface area contributed by atoms with Gasteiger partial charge in [0.05, 0.1) is 25.2 Å². The highest BCUT2D eigenvalue weighted by Crippen LogP contribution is 2.50. The number of nitrogens with zero attached hydrogens (tertiary/aromatic N) is 2. The molecule has 3 fully saturated rings. The van der Waals surface area contributed by atoms with Crippen molar-refractivity contribution in [3.63, 3.8) is 0 Å². The van der Waals surface area contributed by atoms with Crippen molar-refractivity contribution in [1.82, 2.24) is 4.98 Å².